The van der Waals surface area contributed by atoms with Crippen molar-refractivity contribution in [1.29, 1.82) is 0 Å². The fraction of sp³-hybridized carbons (Fsp3) is 0.235. The van der Waals surface area contributed by atoms with E-state index < -0.39 is 5.41 Å². The molecule has 0 bridgehead atoms. The highest BCUT2D eigenvalue weighted by atomic mass is 32.1. The number of carbonyl (C=O) groups excluding carboxylic acids is 1. The van der Waals surface area contributed by atoms with Gasteiger partial charge >= 0.3 is 0 Å². The molecule has 0 aliphatic heterocycles. The van der Waals surface area contributed by atoms with Crippen molar-refractivity contribution in [1.82, 2.24) is 4.98 Å². The SMILES string of the molecule is CCC1(C(=O)Nc2nc(-c3cccc4ccccc34)cs2)CC(c2ccccc2C)c2ccccc2C1C. The molecule has 5 aromatic rings. The van der Waals surface area contributed by atoms with E-state index in [9.17, 15) is 4.79 Å². The molecule has 6 rings (SSSR count). The Labute approximate surface area is 228 Å². The summed E-state index contributed by atoms with van der Waals surface area (Å²) in [7, 11) is 0. The van der Waals surface area contributed by atoms with Crippen LogP contribution < -0.4 is 5.32 Å². The van der Waals surface area contributed by atoms with E-state index in [1.165, 1.54) is 44.4 Å². The van der Waals surface area contributed by atoms with Crippen LogP contribution in [0.3, 0.4) is 0 Å². The van der Waals surface area contributed by atoms with E-state index >= 15 is 0 Å². The molecule has 1 heterocycles. The van der Waals surface area contributed by atoms with Gasteiger partial charge in [-0.15, -0.1) is 11.3 Å². The lowest BCUT2D eigenvalue weighted by Crippen LogP contribution is -2.44. The lowest BCUT2D eigenvalue weighted by molar-refractivity contribution is -0.128. The smallest absolute Gasteiger partial charge is 0.233 e. The summed E-state index contributed by atoms with van der Waals surface area (Å²) >= 11 is 1.50. The molecule has 1 amide bonds. The number of fused-ring (bicyclic) bond motifs is 2. The lowest BCUT2D eigenvalue weighted by atomic mass is 9.58. The monoisotopic (exact) mass is 516 g/mol. The number of benzene rings is 4. The lowest BCUT2D eigenvalue weighted by Gasteiger charge is -2.45. The molecule has 3 nitrogen and oxygen atoms in total. The maximum absolute atomic E-state index is 14.2. The van der Waals surface area contributed by atoms with Gasteiger partial charge in [0.1, 0.15) is 0 Å². The number of anilines is 1. The van der Waals surface area contributed by atoms with Crippen LogP contribution in [0, 0.1) is 12.3 Å². The van der Waals surface area contributed by atoms with Gasteiger partial charge in [-0.1, -0.05) is 105 Å². The quantitative estimate of drug-likeness (QED) is 0.253. The van der Waals surface area contributed by atoms with E-state index in [0.29, 0.717) is 5.13 Å². The second-order valence-corrected chi connectivity index (χ2v) is 11.4. The van der Waals surface area contributed by atoms with E-state index in [2.05, 4.69) is 117 Å². The highest BCUT2D eigenvalue weighted by molar-refractivity contribution is 7.14. The first-order chi connectivity index (χ1) is 18.5. The second-order valence-electron chi connectivity index (χ2n) is 10.5. The minimum absolute atomic E-state index is 0.0689. The van der Waals surface area contributed by atoms with Gasteiger partial charge in [-0.25, -0.2) is 4.98 Å². The minimum Gasteiger partial charge on any atom is -0.301 e. The number of aryl methyl sites for hydroxylation is 1. The van der Waals surface area contributed by atoms with Gasteiger partial charge in [0.15, 0.2) is 5.13 Å². The molecule has 4 heteroatoms. The van der Waals surface area contributed by atoms with Gasteiger partial charge in [0, 0.05) is 16.9 Å². The molecule has 38 heavy (non-hydrogen) atoms. The zero-order valence-corrected chi connectivity index (χ0v) is 22.9. The highest BCUT2D eigenvalue weighted by Crippen LogP contribution is 2.55. The Kier molecular flexibility index (Phi) is 6.37. The maximum Gasteiger partial charge on any atom is 0.233 e. The molecule has 1 N–H and O–H groups in total. The van der Waals surface area contributed by atoms with Crippen LogP contribution in [0.2, 0.25) is 0 Å². The van der Waals surface area contributed by atoms with Crippen LogP contribution in [0.4, 0.5) is 5.13 Å². The average molecular weight is 517 g/mol. The molecule has 190 valence electrons. The zero-order chi connectivity index (χ0) is 26.3. The predicted octanol–water partition coefficient (Wildman–Crippen LogP) is 8.95. The summed E-state index contributed by atoms with van der Waals surface area (Å²) in [4.78, 5) is 19.1. The number of nitrogens with zero attached hydrogens (tertiary/aromatic N) is 1. The molecule has 0 saturated carbocycles. The van der Waals surface area contributed by atoms with Crippen LogP contribution in [0.5, 0.6) is 0 Å². The standard InChI is InChI=1S/C34H32N2OS/c1-4-34(20-30(25-15-7-5-12-22(25)2)28-18-10-9-16-26(28)23(34)3)32(37)36-33-35-31(21-38-33)29-19-11-14-24-13-6-8-17-27(24)29/h5-19,21,23,30H,4,20H2,1-3H3,(H,35,36,37). The number of nitrogens with one attached hydrogen (secondary N) is 1. The summed E-state index contributed by atoms with van der Waals surface area (Å²) in [5, 5.41) is 8.32. The fourth-order valence-electron chi connectivity index (χ4n) is 6.45. The highest BCUT2D eigenvalue weighted by Gasteiger charge is 2.49. The van der Waals surface area contributed by atoms with Gasteiger partial charge in [-0.05, 0) is 58.7 Å². The summed E-state index contributed by atoms with van der Waals surface area (Å²) < 4.78 is 0. The van der Waals surface area contributed by atoms with Crippen LogP contribution >= 0.6 is 11.3 Å². The molecule has 1 aromatic heterocycles. The van der Waals surface area contributed by atoms with Crippen LogP contribution in [0.25, 0.3) is 22.0 Å². The number of carbonyl (C=O) groups is 1. The first-order valence-electron chi connectivity index (χ1n) is 13.4. The first-order valence-corrected chi connectivity index (χ1v) is 14.3. The van der Waals surface area contributed by atoms with Gasteiger partial charge < -0.3 is 5.32 Å². The number of hydrogen-bond donors (Lipinski definition) is 1. The maximum atomic E-state index is 14.2. The van der Waals surface area contributed by atoms with Gasteiger partial charge in [0.2, 0.25) is 5.91 Å². The molecule has 3 unspecified atom stereocenters. The van der Waals surface area contributed by atoms with E-state index in [0.717, 1.165) is 24.1 Å². The Balaban J connectivity index is 1.36. The van der Waals surface area contributed by atoms with E-state index in [-0.39, 0.29) is 17.7 Å². The fourth-order valence-corrected chi connectivity index (χ4v) is 7.16. The van der Waals surface area contributed by atoms with E-state index in [4.69, 9.17) is 4.98 Å². The third-order valence-electron chi connectivity index (χ3n) is 8.67. The number of rotatable bonds is 5. The van der Waals surface area contributed by atoms with Crippen molar-refractivity contribution in [3.8, 4) is 11.3 Å². The molecule has 0 spiro atoms. The van der Waals surface area contributed by atoms with Crippen molar-refractivity contribution >= 4 is 33.1 Å². The van der Waals surface area contributed by atoms with Gasteiger partial charge in [0.05, 0.1) is 11.1 Å². The molecular formula is C34H32N2OS. The average Bonchev–Trinajstić information content (AvgIpc) is 3.42. The van der Waals surface area contributed by atoms with Crippen LogP contribution in [0.15, 0.2) is 96.4 Å². The Bertz CT molecular complexity index is 1630. The van der Waals surface area contributed by atoms with Gasteiger partial charge in [0.25, 0.3) is 0 Å². The van der Waals surface area contributed by atoms with Gasteiger partial charge in [-0.3, -0.25) is 4.79 Å². The normalized spacial score (nSPS) is 20.7. The molecule has 4 aromatic carbocycles. The third kappa shape index (κ3) is 4.04. The van der Waals surface area contributed by atoms with Crippen molar-refractivity contribution in [2.75, 3.05) is 5.32 Å². The van der Waals surface area contributed by atoms with E-state index in [1.807, 2.05) is 5.38 Å². The number of thiazole rings is 1. The molecule has 0 radical (unpaired) electrons. The number of hydrogen-bond acceptors (Lipinski definition) is 3. The molecule has 1 aliphatic carbocycles. The molecular weight excluding hydrogens is 484 g/mol. The molecule has 3 atom stereocenters. The topological polar surface area (TPSA) is 42.0 Å². The van der Waals surface area contributed by atoms with Crippen molar-refractivity contribution in [3.63, 3.8) is 0 Å². The Morgan fingerprint density at radius 3 is 2.39 bits per heavy atom. The Hall–Kier alpha value is -3.76. The summed E-state index contributed by atoms with van der Waals surface area (Å²) in [5.41, 5.74) is 6.65. The zero-order valence-electron chi connectivity index (χ0n) is 22.1. The summed E-state index contributed by atoms with van der Waals surface area (Å²) in [6.45, 7) is 6.55. The molecule has 0 saturated heterocycles. The van der Waals surface area contributed by atoms with E-state index in [1.54, 1.807) is 0 Å². The van der Waals surface area contributed by atoms with Crippen LogP contribution in [-0.2, 0) is 4.79 Å². The molecule has 0 fully saturated rings. The Morgan fingerprint density at radius 1 is 0.921 bits per heavy atom. The second kappa shape index (κ2) is 9.85. The minimum atomic E-state index is -0.535. The van der Waals surface area contributed by atoms with Gasteiger partial charge in [-0.2, -0.15) is 0 Å². The Morgan fingerprint density at radius 2 is 1.61 bits per heavy atom. The number of amides is 1. The predicted molar refractivity (Wildman–Crippen MR) is 159 cm³/mol. The third-order valence-corrected chi connectivity index (χ3v) is 9.43. The van der Waals surface area contributed by atoms with Crippen molar-refractivity contribution in [2.45, 2.75) is 45.4 Å². The number of aromatic nitrogens is 1. The largest absolute Gasteiger partial charge is 0.301 e. The summed E-state index contributed by atoms with van der Waals surface area (Å²) in [6, 6.07) is 31.9. The van der Waals surface area contributed by atoms with Crippen molar-refractivity contribution in [3.05, 3.63) is 119 Å². The van der Waals surface area contributed by atoms with Crippen LogP contribution in [0.1, 0.15) is 60.8 Å². The first kappa shape index (κ1) is 24.6. The van der Waals surface area contributed by atoms with Crippen molar-refractivity contribution < 1.29 is 4.79 Å². The van der Waals surface area contributed by atoms with Crippen molar-refractivity contribution in [2.24, 2.45) is 5.41 Å². The summed E-state index contributed by atoms with van der Waals surface area (Å²) in [6.07, 6.45) is 1.54. The molecule has 1 aliphatic rings. The summed E-state index contributed by atoms with van der Waals surface area (Å²) in [5.74, 6) is 0.345. The van der Waals surface area contributed by atoms with Crippen LogP contribution in [-0.4, -0.2) is 10.9 Å².